The van der Waals surface area contributed by atoms with Gasteiger partial charge in [0.2, 0.25) is 0 Å². The van der Waals surface area contributed by atoms with Gasteiger partial charge in [0.1, 0.15) is 18.1 Å². The zero-order valence-electron chi connectivity index (χ0n) is 20.4. The first kappa shape index (κ1) is 27.1. The number of hydrazone groups is 1. The van der Waals surface area contributed by atoms with Crippen molar-refractivity contribution in [3.63, 3.8) is 0 Å². The number of carbonyl (C=O) groups is 1. The first-order chi connectivity index (χ1) is 18.5. The molecule has 38 heavy (non-hydrogen) atoms. The van der Waals surface area contributed by atoms with Crippen LogP contribution in [-0.2, 0) is 0 Å². The molecule has 5 N–H and O–H groups in total. The lowest BCUT2D eigenvalue weighted by Crippen LogP contribution is -2.40. The number of nitrogens with zero attached hydrogens (tertiary/aromatic N) is 1. The van der Waals surface area contributed by atoms with E-state index in [1.807, 2.05) is 66.7 Å². The van der Waals surface area contributed by atoms with Crippen LogP contribution in [0.5, 0.6) is 11.5 Å². The maximum atomic E-state index is 12.3. The van der Waals surface area contributed by atoms with Crippen LogP contribution in [0.1, 0.15) is 27.6 Å². The lowest BCUT2D eigenvalue weighted by atomic mass is 10.0. The number of hydrogen-bond donors (Lipinski definition) is 5. The fourth-order valence-electron chi connectivity index (χ4n) is 3.97. The van der Waals surface area contributed by atoms with E-state index in [2.05, 4.69) is 15.8 Å². The van der Waals surface area contributed by atoms with Crippen molar-refractivity contribution in [3.05, 3.63) is 107 Å². The summed E-state index contributed by atoms with van der Waals surface area (Å²) in [4.78, 5) is 12.3. The van der Waals surface area contributed by atoms with Crippen molar-refractivity contribution in [1.82, 2.24) is 10.7 Å². The highest BCUT2D eigenvalue weighted by Gasteiger charge is 2.19. The van der Waals surface area contributed by atoms with Gasteiger partial charge in [-0.05, 0) is 41.3 Å². The predicted octanol–water partition coefficient (Wildman–Crippen LogP) is 4.03. The second-order valence-corrected chi connectivity index (χ2v) is 8.92. The molecule has 4 aromatic rings. The van der Waals surface area contributed by atoms with Crippen LogP contribution >= 0.6 is 11.6 Å². The van der Waals surface area contributed by atoms with Crippen LogP contribution in [-0.4, -0.2) is 53.2 Å². The maximum absolute atomic E-state index is 12.3. The molecule has 0 spiro atoms. The molecule has 0 saturated heterocycles. The van der Waals surface area contributed by atoms with Crippen molar-refractivity contribution in [2.75, 3.05) is 19.8 Å². The normalized spacial score (nSPS) is 12.9. The lowest BCUT2D eigenvalue weighted by Gasteiger charge is -2.23. The van der Waals surface area contributed by atoms with E-state index in [9.17, 15) is 20.1 Å². The first-order valence-electron chi connectivity index (χ1n) is 12.0. The zero-order valence-corrected chi connectivity index (χ0v) is 21.2. The SMILES string of the molecule is O=C(NN=Cc1ccc(OCCNC(CO)C(O)c2ccccc2)c2ccccc12)c1ccc(O)c(Cl)c1. The van der Waals surface area contributed by atoms with Crippen molar-refractivity contribution in [3.8, 4) is 11.5 Å². The van der Waals surface area contributed by atoms with Crippen molar-refractivity contribution in [1.29, 1.82) is 0 Å². The molecule has 1 amide bonds. The number of benzene rings is 4. The maximum Gasteiger partial charge on any atom is 0.271 e. The summed E-state index contributed by atoms with van der Waals surface area (Å²) in [6.45, 7) is 0.518. The minimum Gasteiger partial charge on any atom is -0.506 e. The van der Waals surface area contributed by atoms with Crippen LogP contribution < -0.4 is 15.5 Å². The van der Waals surface area contributed by atoms with E-state index in [0.29, 0.717) is 18.9 Å². The van der Waals surface area contributed by atoms with E-state index in [1.54, 1.807) is 6.21 Å². The molecule has 0 aliphatic rings. The Kier molecular flexibility index (Phi) is 9.29. The molecule has 0 fully saturated rings. The Labute approximate surface area is 225 Å². The molecule has 0 aromatic heterocycles. The molecule has 2 atom stereocenters. The average Bonchev–Trinajstić information content (AvgIpc) is 2.95. The number of phenolic OH excluding ortho intramolecular Hbond substituents is 1. The fourth-order valence-corrected chi connectivity index (χ4v) is 4.15. The molecule has 4 aromatic carbocycles. The molecule has 9 heteroatoms. The summed E-state index contributed by atoms with van der Waals surface area (Å²) in [5, 5.41) is 38.8. The number of fused-ring (bicyclic) bond motifs is 1. The highest BCUT2D eigenvalue weighted by molar-refractivity contribution is 6.32. The number of rotatable bonds is 11. The van der Waals surface area contributed by atoms with E-state index in [-0.39, 0.29) is 22.9 Å². The first-order valence-corrected chi connectivity index (χ1v) is 12.4. The van der Waals surface area contributed by atoms with Crippen LogP contribution in [0, 0.1) is 0 Å². The van der Waals surface area contributed by atoms with Gasteiger partial charge in [0.25, 0.3) is 5.91 Å². The summed E-state index contributed by atoms with van der Waals surface area (Å²) in [5.74, 6) is 0.110. The third-order valence-electron chi connectivity index (χ3n) is 5.98. The van der Waals surface area contributed by atoms with Crippen molar-refractivity contribution in [2.45, 2.75) is 12.1 Å². The molecular weight excluding hydrogens is 506 g/mol. The highest BCUT2D eigenvalue weighted by atomic mass is 35.5. The summed E-state index contributed by atoms with van der Waals surface area (Å²) in [6, 6.07) is 24.2. The standard InChI is InChI=1S/C29H28ClN3O5/c30-24-16-20(10-12-26(24)35)29(37)33-32-17-21-11-13-27(23-9-5-4-8-22(21)23)38-15-14-31-25(18-34)28(36)19-6-2-1-3-7-19/h1-13,16-17,25,28,31,34-36H,14-15,18H2,(H,33,37). The minimum absolute atomic E-state index is 0.0812. The summed E-state index contributed by atoms with van der Waals surface area (Å²) >= 11 is 5.87. The molecule has 0 radical (unpaired) electrons. The number of carbonyl (C=O) groups excluding carboxylic acids is 1. The number of hydrogen-bond acceptors (Lipinski definition) is 7. The Hall–Kier alpha value is -3.95. The Balaban J connectivity index is 1.37. The molecule has 2 unspecified atom stereocenters. The molecule has 0 bridgehead atoms. The van der Waals surface area contributed by atoms with Gasteiger partial charge < -0.3 is 25.4 Å². The lowest BCUT2D eigenvalue weighted by molar-refractivity contribution is 0.0878. The molecule has 196 valence electrons. The molecule has 8 nitrogen and oxygen atoms in total. The molecular formula is C29H28ClN3O5. The van der Waals surface area contributed by atoms with Gasteiger partial charge in [0.15, 0.2) is 0 Å². The van der Waals surface area contributed by atoms with Gasteiger partial charge in [0.05, 0.1) is 30.0 Å². The number of halogens is 1. The molecule has 4 rings (SSSR count). The van der Waals surface area contributed by atoms with E-state index < -0.39 is 18.1 Å². The molecule has 0 aliphatic carbocycles. The number of aliphatic hydroxyl groups excluding tert-OH is 2. The summed E-state index contributed by atoms with van der Waals surface area (Å²) in [7, 11) is 0. The van der Waals surface area contributed by atoms with Gasteiger partial charge in [0, 0.05) is 23.1 Å². The predicted molar refractivity (Wildman–Crippen MR) is 148 cm³/mol. The fraction of sp³-hybridized carbons (Fsp3) is 0.172. The Morgan fingerprint density at radius 2 is 1.74 bits per heavy atom. The minimum atomic E-state index is -0.841. The van der Waals surface area contributed by atoms with E-state index in [1.165, 1.54) is 18.2 Å². The number of aliphatic hydroxyl groups is 2. The number of amides is 1. The quantitative estimate of drug-likeness (QED) is 0.113. The smallest absolute Gasteiger partial charge is 0.271 e. The van der Waals surface area contributed by atoms with E-state index >= 15 is 0 Å². The highest BCUT2D eigenvalue weighted by Crippen LogP contribution is 2.28. The molecule has 0 heterocycles. The summed E-state index contributed by atoms with van der Waals surface area (Å²) in [5.41, 5.74) is 4.24. The number of ether oxygens (including phenoxy) is 1. The van der Waals surface area contributed by atoms with Crippen molar-refractivity contribution in [2.24, 2.45) is 5.10 Å². The summed E-state index contributed by atoms with van der Waals surface area (Å²) in [6.07, 6.45) is 0.705. The Bertz CT molecular complexity index is 1410. The van der Waals surface area contributed by atoms with Gasteiger partial charge in [-0.3, -0.25) is 4.79 Å². The van der Waals surface area contributed by atoms with Gasteiger partial charge in [-0.2, -0.15) is 5.10 Å². The Morgan fingerprint density at radius 1 is 1.00 bits per heavy atom. The summed E-state index contributed by atoms with van der Waals surface area (Å²) < 4.78 is 6.00. The van der Waals surface area contributed by atoms with Crippen LogP contribution in [0.3, 0.4) is 0 Å². The van der Waals surface area contributed by atoms with Crippen LogP contribution in [0.25, 0.3) is 10.8 Å². The van der Waals surface area contributed by atoms with E-state index in [4.69, 9.17) is 16.3 Å². The average molecular weight is 534 g/mol. The van der Waals surface area contributed by atoms with Crippen molar-refractivity contribution < 1.29 is 24.9 Å². The third-order valence-corrected chi connectivity index (χ3v) is 6.29. The second kappa shape index (κ2) is 13.0. The molecule has 0 saturated carbocycles. The zero-order chi connectivity index (χ0) is 26.9. The monoisotopic (exact) mass is 533 g/mol. The largest absolute Gasteiger partial charge is 0.506 e. The number of aromatic hydroxyl groups is 1. The molecule has 0 aliphatic heterocycles. The van der Waals surface area contributed by atoms with E-state index in [0.717, 1.165) is 21.9 Å². The topological polar surface area (TPSA) is 123 Å². The Morgan fingerprint density at radius 3 is 2.47 bits per heavy atom. The number of nitrogens with one attached hydrogen (secondary N) is 2. The van der Waals surface area contributed by atoms with Crippen LogP contribution in [0.15, 0.2) is 90.0 Å². The van der Waals surface area contributed by atoms with Gasteiger partial charge in [-0.25, -0.2) is 5.43 Å². The van der Waals surface area contributed by atoms with Gasteiger partial charge in [-0.15, -0.1) is 0 Å². The third kappa shape index (κ3) is 6.67. The van der Waals surface area contributed by atoms with Gasteiger partial charge in [-0.1, -0.05) is 66.2 Å². The number of phenols is 1. The van der Waals surface area contributed by atoms with Crippen LogP contribution in [0.4, 0.5) is 0 Å². The van der Waals surface area contributed by atoms with Gasteiger partial charge >= 0.3 is 0 Å². The van der Waals surface area contributed by atoms with Crippen LogP contribution in [0.2, 0.25) is 5.02 Å². The van der Waals surface area contributed by atoms with Crippen molar-refractivity contribution >= 4 is 34.5 Å². The second-order valence-electron chi connectivity index (χ2n) is 8.51.